The van der Waals surface area contributed by atoms with Gasteiger partial charge >= 0.3 is 0 Å². The van der Waals surface area contributed by atoms with Crippen LogP contribution in [-0.4, -0.2) is 36.3 Å². The molecule has 0 bridgehead atoms. The van der Waals surface area contributed by atoms with E-state index in [1.165, 1.54) is 31.4 Å². The summed E-state index contributed by atoms with van der Waals surface area (Å²) in [5.41, 5.74) is 1.59. The van der Waals surface area contributed by atoms with Gasteiger partial charge < -0.3 is 19.9 Å². The van der Waals surface area contributed by atoms with Gasteiger partial charge in [-0.05, 0) is 38.3 Å². The summed E-state index contributed by atoms with van der Waals surface area (Å²) in [7, 11) is 3.92. The Kier molecular flexibility index (Phi) is 6.98. The minimum absolute atomic E-state index is 0. The maximum Gasteiger partial charge on any atom is 0.191 e. The molecular formula is C18H31IN4O. The van der Waals surface area contributed by atoms with Crippen LogP contribution < -0.4 is 10.6 Å². The molecule has 0 saturated heterocycles. The number of nitrogens with one attached hydrogen (secondary N) is 2. The summed E-state index contributed by atoms with van der Waals surface area (Å²) >= 11 is 0. The van der Waals surface area contributed by atoms with Crippen molar-refractivity contribution in [1.82, 2.24) is 15.2 Å². The molecule has 2 aliphatic carbocycles. The van der Waals surface area contributed by atoms with Gasteiger partial charge in [0.15, 0.2) is 5.96 Å². The number of hydrogen-bond acceptors (Lipinski definition) is 2. The van der Waals surface area contributed by atoms with Crippen LogP contribution in [0.5, 0.6) is 0 Å². The van der Waals surface area contributed by atoms with Crippen molar-refractivity contribution in [1.29, 1.82) is 0 Å². The quantitative estimate of drug-likeness (QED) is 0.416. The SMILES string of the molecule is CCOC1CC(NC(=NC)NCc2cccn2C)C12CCCC2.I. The Morgan fingerprint density at radius 1 is 1.42 bits per heavy atom. The highest BCUT2D eigenvalue weighted by molar-refractivity contribution is 14.0. The van der Waals surface area contributed by atoms with E-state index in [1.54, 1.807) is 0 Å². The molecule has 0 aliphatic heterocycles. The van der Waals surface area contributed by atoms with Gasteiger partial charge in [-0.2, -0.15) is 0 Å². The molecule has 0 aromatic carbocycles. The number of nitrogens with zero attached hydrogens (tertiary/aromatic N) is 2. The minimum Gasteiger partial charge on any atom is -0.378 e. The van der Waals surface area contributed by atoms with E-state index in [0.29, 0.717) is 17.6 Å². The number of aliphatic imine (C=N–C) groups is 1. The van der Waals surface area contributed by atoms with Crippen molar-refractivity contribution >= 4 is 29.9 Å². The third-order valence-corrected chi connectivity index (χ3v) is 5.71. The maximum absolute atomic E-state index is 5.99. The molecule has 5 nitrogen and oxygen atoms in total. The summed E-state index contributed by atoms with van der Waals surface area (Å²) in [5, 5.41) is 7.10. The second kappa shape index (κ2) is 8.56. The van der Waals surface area contributed by atoms with Crippen molar-refractivity contribution in [3.8, 4) is 0 Å². The molecule has 3 rings (SSSR count). The number of aryl methyl sites for hydroxylation is 1. The molecule has 1 aromatic heterocycles. The Morgan fingerprint density at radius 2 is 2.17 bits per heavy atom. The van der Waals surface area contributed by atoms with E-state index in [1.807, 2.05) is 7.05 Å². The highest BCUT2D eigenvalue weighted by Crippen LogP contribution is 2.54. The molecule has 1 spiro atoms. The molecule has 1 aromatic rings. The van der Waals surface area contributed by atoms with Gasteiger partial charge in [0, 0.05) is 44.0 Å². The van der Waals surface area contributed by atoms with Crippen molar-refractivity contribution in [2.75, 3.05) is 13.7 Å². The predicted molar refractivity (Wildman–Crippen MR) is 109 cm³/mol. The number of ether oxygens (including phenoxy) is 1. The number of guanidine groups is 1. The first-order valence-electron chi connectivity index (χ1n) is 8.88. The summed E-state index contributed by atoms with van der Waals surface area (Å²) in [6, 6.07) is 4.69. The molecule has 2 atom stereocenters. The molecule has 2 fully saturated rings. The lowest BCUT2D eigenvalue weighted by molar-refractivity contribution is -0.125. The molecule has 24 heavy (non-hydrogen) atoms. The van der Waals surface area contributed by atoms with E-state index in [2.05, 4.69) is 52.5 Å². The zero-order valence-electron chi connectivity index (χ0n) is 15.0. The first-order chi connectivity index (χ1) is 11.2. The maximum atomic E-state index is 5.99. The number of aromatic nitrogens is 1. The monoisotopic (exact) mass is 446 g/mol. The van der Waals surface area contributed by atoms with E-state index in [-0.39, 0.29) is 24.0 Å². The van der Waals surface area contributed by atoms with E-state index in [4.69, 9.17) is 4.74 Å². The van der Waals surface area contributed by atoms with Crippen LogP contribution in [0, 0.1) is 5.41 Å². The van der Waals surface area contributed by atoms with E-state index < -0.39 is 0 Å². The van der Waals surface area contributed by atoms with Gasteiger partial charge in [0.1, 0.15) is 0 Å². The minimum atomic E-state index is 0. The molecule has 2 aliphatic rings. The van der Waals surface area contributed by atoms with Gasteiger partial charge in [-0.15, -0.1) is 24.0 Å². The smallest absolute Gasteiger partial charge is 0.191 e. The zero-order chi connectivity index (χ0) is 16.3. The fourth-order valence-corrected chi connectivity index (χ4v) is 4.30. The molecular weight excluding hydrogens is 415 g/mol. The largest absolute Gasteiger partial charge is 0.378 e. The highest BCUT2D eigenvalue weighted by Gasteiger charge is 2.56. The van der Waals surface area contributed by atoms with Gasteiger partial charge in [-0.25, -0.2) is 0 Å². The molecule has 1 heterocycles. The van der Waals surface area contributed by atoms with Crippen LogP contribution in [-0.2, 0) is 18.3 Å². The number of halogens is 1. The van der Waals surface area contributed by atoms with Gasteiger partial charge in [0.25, 0.3) is 0 Å². The van der Waals surface area contributed by atoms with Crippen LogP contribution in [0.15, 0.2) is 23.3 Å². The van der Waals surface area contributed by atoms with Crippen molar-refractivity contribution < 1.29 is 4.74 Å². The second-order valence-electron chi connectivity index (χ2n) is 6.85. The van der Waals surface area contributed by atoms with Gasteiger partial charge in [0.05, 0.1) is 12.6 Å². The Morgan fingerprint density at radius 3 is 2.75 bits per heavy atom. The van der Waals surface area contributed by atoms with Crippen LogP contribution in [0.1, 0.15) is 44.7 Å². The topological polar surface area (TPSA) is 50.6 Å². The Bertz CT molecular complexity index is 551. The molecule has 6 heteroatoms. The molecule has 0 amide bonds. The first-order valence-corrected chi connectivity index (χ1v) is 8.88. The van der Waals surface area contributed by atoms with Gasteiger partial charge in [0.2, 0.25) is 0 Å². The summed E-state index contributed by atoms with van der Waals surface area (Å²) in [5.74, 6) is 0.900. The van der Waals surface area contributed by atoms with Gasteiger partial charge in [-0.3, -0.25) is 4.99 Å². The van der Waals surface area contributed by atoms with Crippen molar-refractivity contribution in [3.63, 3.8) is 0 Å². The van der Waals surface area contributed by atoms with Crippen molar-refractivity contribution in [2.45, 2.75) is 57.7 Å². The average Bonchev–Trinajstić information content (AvgIpc) is 3.20. The van der Waals surface area contributed by atoms with Crippen LogP contribution in [0.4, 0.5) is 0 Å². The first kappa shape index (κ1) is 19.6. The lowest BCUT2D eigenvalue weighted by atomic mass is 9.60. The predicted octanol–water partition coefficient (Wildman–Crippen LogP) is 3.05. The van der Waals surface area contributed by atoms with Crippen LogP contribution in [0.25, 0.3) is 0 Å². The van der Waals surface area contributed by atoms with Gasteiger partial charge in [-0.1, -0.05) is 12.8 Å². The fourth-order valence-electron chi connectivity index (χ4n) is 4.30. The second-order valence-corrected chi connectivity index (χ2v) is 6.85. The molecule has 2 N–H and O–H groups in total. The standard InChI is InChI=1S/C18H30N4O.HI/c1-4-23-16-12-15(18(16)9-5-6-10-18)21-17(19-2)20-13-14-8-7-11-22(14)3;/h7-8,11,15-16H,4-6,9-10,12-13H2,1-3H3,(H2,19,20,21);1H. The van der Waals surface area contributed by atoms with Crippen LogP contribution >= 0.6 is 24.0 Å². The molecule has 2 unspecified atom stereocenters. The average molecular weight is 446 g/mol. The Balaban J connectivity index is 0.00000208. The number of hydrogen-bond donors (Lipinski definition) is 2. The lowest BCUT2D eigenvalue weighted by Crippen LogP contribution is -2.65. The molecule has 136 valence electrons. The summed E-state index contributed by atoms with van der Waals surface area (Å²) in [4.78, 5) is 4.41. The third kappa shape index (κ3) is 3.74. The zero-order valence-corrected chi connectivity index (χ0v) is 17.4. The Hall–Kier alpha value is -0.760. The van der Waals surface area contributed by atoms with Crippen LogP contribution in [0.2, 0.25) is 0 Å². The number of rotatable bonds is 5. The van der Waals surface area contributed by atoms with E-state index in [9.17, 15) is 0 Å². The molecule has 0 radical (unpaired) electrons. The fraction of sp³-hybridized carbons (Fsp3) is 0.722. The van der Waals surface area contributed by atoms with E-state index in [0.717, 1.165) is 25.5 Å². The third-order valence-electron chi connectivity index (χ3n) is 5.71. The van der Waals surface area contributed by atoms with Crippen molar-refractivity contribution in [2.24, 2.45) is 17.5 Å². The summed E-state index contributed by atoms with van der Waals surface area (Å²) in [6.45, 7) is 3.71. The summed E-state index contributed by atoms with van der Waals surface area (Å²) < 4.78 is 8.12. The lowest BCUT2D eigenvalue weighted by Gasteiger charge is -2.54. The van der Waals surface area contributed by atoms with E-state index >= 15 is 0 Å². The normalized spacial score (nSPS) is 25.2. The van der Waals surface area contributed by atoms with Crippen LogP contribution in [0.3, 0.4) is 0 Å². The van der Waals surface area contributed by atoms with Crippen molar-refractivity contribution in [3.05, 3.63) is 24.0 Å². The Labute approximate surface area is 162 Å². The highest BCUT2D eigenvalue weighted by atomic mass is 127. The summed E-state index contributed by atoms with van der Waals surface area (Å²) in [6.07, 6.45) is 8.82. The molecule has 2 saturated carbocycles.